The number of hydrogen-bond acceptors (Lipinski definition) is 1. The van der Waals surface area contributed by atoms with E-state index in [1.54, 1.807) is 0 Å². The molecule has 0 amide bonds. The molecule has 0 aliphatic rings. The first-order valence-electron chi connectivity index (χ1n) is 6.76. The van der Waals surface area contributed by atoms with Crippen LogP contribution in [0.3, 0.4) is 0 Å². The Morgan fingerprint density at radius 2 is 1.53 bits per heavy atom. The summed E-state index contributed by atoms with van der Waals surface area (Å²) in [5, 5.41) is 0. The van der Waals surface area contributed by atoms with Gasteiger partial charge in [0, 0.05) is 4.90 Å². The molecule has 0 aromatic heterocycles. The second-order valence-corrected chi connectivity index (χ2v) is 7.05. The monoisotopic (exact) mass is 250 g/mol. The molecule has 1 heteroatoms. The van der Waals surface area contributed by atoms with Gasteiger partial charge in [-0.1, -0.05) is 58.2 Å². The summed E-state index contributed by atoms with van der Waals surface area (Å²) in [6, 6.07) is 10.7. The Labute approximate surface area is 111 Å². The Kier molecular flexibility index (Phi) is 6.72. The predicted molar refractivity (Wildman–Crippen MR) is 79.7 cm³/mol. The topological polar surface area (TPSA) is 0 Å². The second-order valence-electron chi connectivity index (χ2n) is 5.89. The first-order valence-corrected chi connectivity index (χ1v) is 7.74. The molecular weight excluding hydrogens is 224 g/mol. The molecule has 0 heterocycles. The molecule has 0 atom stereocenters. The molecular formula is C16H26S. The van der Waals surface area contributed by atoms with Gasteiger partial charge in [0.25, 0.3) is 0 Å². The van der Waals surface area contributed by atoms with Crippen LogP contribution in [0, 0.1) is 5.41 Å². The van der Waals surface area contributed by atoms with Crippen LogP contribution in [0.2, 0.25) is 0 Å². The van der Waals surface area contributed by atoms with Gasteiger partial charge in [-0.25, -0.2) is 0 Å². The van der Waals surface area contributed by atoms with Crippen molar-refractivity contribution in [2.75, 3.05) is 5.75 Å². The van der Waals surface area contributed by atoms with Crippen molar-refractivity contribution in [3.05, 3.63) is 30.3 Å². The minimum atomic E-state index is 0.513. The molecule has 0 unspecified atom stereocenters. The Balaban J connectivity index is 1.95. The average molecular weight is 250 g/mol. The van der Waals surface area contributed by atoms with Crippen LogP contribution in [0.5, 0.6) is 0 Å². The smallest absolute Gasteiger partial charge is 0.00719 e. The van der Waals surface area contributed by atoms with E-state index in [-0.39, 0.29) is 0 Å². The van der Waals surface area contributed by atoms with E-state index in [0.717, 1.165) is 0 Å². The molecule has 0 N–H and O–H groups in total. The first-order chi connectivity index (χ1) is 8.08. The number of benzene rings is 1. The third kappa shape index (κ3) is 8.31. The van der Waals surface area contributed by atoms with Crippen molar-refractivity contribution in [2.45, 2.75) is 57.8 Å². The lowest BCUT2D eigenvalue weighted by atomic mass is 9.89. The van der Waals surface area contributed by atoms with Crippen LogP contribution < -0.4 is 0 Å². The van der Waals surface area contributed by atoms with Crippen LogP contribution >= 0.6 is 11.8 Å². The highest BCUT2D eigenvalue weighted by atomic mass is 32.2. The summed E-state index contributed by atoms with van der Waals surface area (Å²) in [6.07, 6.45) is 6.88. The summed E-state index contributed by atoms with van der Waals surface area (Å²) in [5.74, 6) is 1.26. The zero-order chi connectivity index (χ0) is 12.6. The molecule has 0 bridgehead atoms. The number of rotatable bonds is 7. The Morgan fingerprint density at radius 1 is 0.882 bits per heavy atom. The van der Waals surface area contributed by atoms with Crippen LogP contribution in [0.25, 0.3) is 0 Å². The highest BCUT2D eigenvalue weighted by Gasteiger charge is 2.08. The molecule has 0 nitrogen and oxygen atoms in total. The van der Waals surface area contributed by atoms with Crippen molar-refractivity contribution in [1.82, 2.24) is 0 Å². The molecule has 1 aromatic carbocycles. The fourth-order valence-electron chi connectivity index (χ4n) is 1.82. The van der Waals surface area contributed by atoms with Gasteiger partial charge in [0.05, 0.1) is 0 Å². The van der Waals surface area contributed by atoms with Crippen LogP contribution in [-0.2, 0) is 0 Å². The summed E-state index contributed by atoms with van der Waals surface area (Å²) < 4.78 is 0. The summed E-state index contributed by atoms with van der Waals surface area (Å²) in [4.78, 5) is 1.40. The van der Waals surface area contributed by atoms with Gasteiger partial charge in [0.15, 0.2) is 0 Å². The Morgan fingerprint density at radius 3 is 2.18 bits per heavy atom. The standard InChI is InChI=1S/C16H26S/c1-16(2,3)13-9-4-5-10-14-17-15-11-7-6-8-12-15/h6-8,11-12H,4-5,9-10,13-14H2,1-3H3. The number of hydrogen-bond donors (Lipinski definition) is 0. The SMILES string of the molecule is CC(C)(C)CCCCCCSc1ccccc1. The van der Waals surface area contributed by atoms with Crippen molar-refractivity contribution in [1.29, 1.82) is 0 Å². The molecule has 0 aliphatic heterocycles. The van der Waals surface area contributed by atoms with Gasteiger partial charge in [-0.3, -0.25) is 0 Å². The van der Waals surface area contributed by atoms with Gasteiger partial charge in [0.1, 0.15) is 0 Å². The van der Waals surface area contributed by atoms with Crippen molar-refractivity contribution < 1.29 is 0 Å². The van der Waals surface area contributed by atoms with E-state index >= 15 is 0 Å². The fourth-order valence-corrected chi connectivity index (χ4v) is 2.75. The molecule has 1 rings (SSSR count). The summed E-state index contributed by atoms with van der Waals surface area (Å²) in [5.41, 5.74) is 0.513. The van der Waals surface area contributed by atoms with Gasteiger partial charge < -0.3 is 0 Å². The van der Waals surface area contributed by atoms with Crippen LogP contribution in [0.1, 0.15) is 52.9 Å². The fraction of sp³-hybridized carbons (Fsp3) is 0.625. The van der Waals surface area contributed by atoms with Gasteiger partial charge in [-0.05, 0) is 36.1 Å². The molecule has 17 heavy (non-hydrogen) atoms. The van der Waals surface area contributed by atoms with Crippen LogP contribution in [0.15, 0.2) is 35.2 Å². The predicted octanol–water partition coefficient (Wildman–Crippen LogP) is 5.78. The third-order valence-corrected chi connectivity index (χ3v) is 3.93. The van der Waals surface area contributed by atoms with Crippen molar-refractivity contribution in [3.8, 4) is 0 Å². The van der Waals surface area contributed by atoms with Crippen LogP contribution in [-0.4, -0.2) is 5.75 Å². The van der Waals surface area contributed by atoms with Crippen molar-refractivity contribution in [3.63, 3.8) is 0 Å². The molecule has 0 spiro atoms. The zero-order valence-electron chi connectivity index (χ0n) is 11.5. The first kappa shape index (κ1) is 14.6. The van der Waals surface area contributed by atoms with E-state index < -0.39 is 0 Å². The highest BCUT2D eigenvalue weighted by molar-refractivity contribution is 7.99. The van der Waals surface area contributed by atoms with Gasteiger partial charge >= 0.3 is 0 Å². The van der Waals surface area contributed by atoms with Gasteiger partial charge in [0.2, 0.25) is 0 Å². The number of thioether (sulfide) groups is 1. The maximum absolute atomic E-state index is 2.33. The van der Waals surface area contributed by atoms with Gasteiger partial charge in [-0.15, -0.1) is 11.8 Å². The minimum absolute atomic E-state index is 0.513. The maximum Gasteiger partial charge on any atom is 0.00719 e. The Bertz CT molecular complexity index is 284. The number of unbranched alkanes of at least 4 members (excludes halogenated alkanes) is 3. The van der Waals surface area contributed by atoms with E-state index in [4.69, 9.17) is 0 Å². The summed E-state index contributed by atoms with van der Waals surface area (Å²) in [6.45, 7) is 6.99. The maximum atomic E-state index is 2.33. The second kappa shape index (κ2) is 7.81. The van der Waals surface area contributed by atoms with Gasteiger partial charge in [-0.2, -0.15) is 0 Å². The summed E-state index contributed by atoms with van der Waals surface area (Å²) in [7, 11) is 0. The molecule has 96 valence electrons. The van der Waals surface area contributed by atoms with E-state index in [1.165, 1.54) is 42.8 Å². The molecule has 0 aliphatic carbocycles. The molecule has 0 radical (unpaired) electrons. The zero-order valence-corrected chi connectivity index (χ0v) is 12.4. The van der Waals surface area contributed by atoms with Crippen molar-refractivity contribution in [2.24, 2.45) is 5.41 Å². The molecule has 0 saturated carbocycles. The van der Waals surface area contributed by atoms with Crippen molar-refractivity contribution >= 4 is 11.8 Å². The molecule has 1 aromatic rings. The molecule has 0 fully saturated rings. The van der Waals surface area contributed by atoms with E-state index in [1.807, 2.05) is 11.8 Å². The largest absolute Gasteiger partial charge is 0.126 e. The molecule has 0 saturated heterocycles. The van der Waals surface area contributed by atoms with Crippen LogP contribution in [0.4, 0.5) is 0 Å². The third-order valence-electron chi connectivity index (χ3n) is 2.83. The minimum Gasteiger partial charge on any atom is -0.126 e. The van der Waals surface area contributed by atoms with E-state index in [2.05, 4.69) is 51.1 Å². The highest BCUT2D eigenvalue weighted by Crippen LogP contribution is 2.23. The normalized spacial score (nSPS) is 11.7. The Hall–Kier alpha value is -0.430. The average Bonchev–Trinajstić information content (AvgIpc) is 2.28. The van der Waals surface area contributed by atoms with E-state index in [0.29, 0.717) is 5.41 Å². The summed E-state index contributed by atoms with van der Waals surface area (Å²) >= 11 is 1.98. The lowest BCUT2D eigenvalue weighted by Gasteiger charge is -2.17. The quantitative estimate of drug-likeness (QED) is 0.437. The lowest BCUT2D eigenvalue weighted by molar-refractivity contribution is 0.358. The van der Waals surface area contributed by atoms with E-state index in [9.17, 15) is 0 Å². The lowest BCUT2D eigenvalue weighted by Crippen LogP contribution is -2.03.